The largest absolute Gasteiger partial charge is 0.299 e. The molecule has 0 bridgehead atoms. The van der Waals surface area contributed by atoms with Crippen LogP contribution in [0.15, 0.2) is 17.3 Å². The molecule has 8 heavy (non-hydrogen) atoms. The number of aliphatic imine (C=N–C) groups is 1. The second kappa shape index (κ2) is 1.69. The number of allylic oxidation sites excluding steroid dienone is 1. The van der Waals surface area contributed by atoms with Gasteiger partial charge in [-0.25, -0.2) is 0 Å². The van der Waals surface area contributed by atoms with Gasteiger partial charge in [-0.05, 0) is 6.08 Å². The normalized spacial score (nSPS) is 17.5. The standard InChI is InChI=1S/C5H4N3/c6-4-1-2-8-3-5(4)7/h1-2,6-7H. The highest BCUT2D eigenvalue weighted by Crippen LogP contribution is 1.86. The van der Waals surface area contributed by atoms with E-state index in [0.717, 1.165) is 0 Å². The Hall–Kier alpha value is -1.25. The van der Waals surface area contributed by atoms with Crippen LogP contribution in [0, 0.1) is 10.8 Å². The van der Waals surface area contributed by atoms with Crippen LogP contribution in [0.2, 0.25) is 0 Å². The van der Waals surface area contributed by atoms with Crippen LogP contribution in [0.25, 0.3) is 0 Å². The Bertz CT molecular complexity index is 166. The predicted molar refractivity (Wildman–Crippen MR) is 32.0 cm³/mol. The summed E-state index contributed by atoms with van der Waals surface area (Å²) >= 11 is 0. The van der Waals surface area contributed by atoms with Crippen molar-refractivity contribution in [3.05, 3.63) is 12.3 Å². The van der Waals surface area contributed by atoms with Crippen LogP contribution in [0.1, 0.15) is 0 Å². The molecule has 2 N–H and O–H groups in total. The second-order valence-electron chi connectivity index (χ2n) is 1.35. The SMILES string of the molecule is N=C1[C]=NC=CC1=N. The fourth-order valence-corrected chi connectivity index (χ4v) is 0.357. The number of rotatable bonds is 0. The summed E-state index contributed by atoms with van der Waals surface area (Å²) in [4.78, 5) is 3.51. The molecule has 0 unspecified atom stereocenters. The first kappa shape index (κ1) is 4.90. The maximum atomic E-state index is 6.96. The van der Waals surface area contributed by atoms with Gasteiger partial charge in [0.1, 0.15) is 11.9 Å². The molecule has 3 heteroatoms. The number of nitrogens with zero attached hydrogens (tertiary/aromatic N) is 1. The summed E-state index contributed by atoms with van der Waals surface area (Å²) < 4.78 is 0. The average Bonchev–Trinajstić information content (AvgIpc) is 1.77. The van der Waals surface area contributed by atoms with Crippen LogP contribution in [-0.2, 0) is 0 Å². The quantitative estimate of drug-likeness (QED) is 0.451. The van der Waals surface area contributed by atoms with Crippen LogP contribution >= 0.6 is 0 Å². The average molecular weight is 106 g/mol. The van der Waals surface area contributed by atoms with Gasteiger partial charge in [0.2, 0.25) is 0 Å². The van der Waals surface area contributed by atoms with E-state index < -0.39 is 0 Å². The molecule has 0 fully saturated rings. The molecule has 3 nitrogen and oxygen atoms in total. The maximum absolute atomic E-state index is 6.96. The predicted octanol–water partition coefficient (Wildman–Crippen LogP) is 0.501. The van der Waals surface area contributed by atoms with Gasteiger partial charge < -0.3 is 0 Å². The highest BCUT2D eigenvalue weighted by atomic mass is 14.7. The first-order valence-electron chi connectivity index (χ1n) is 2.10. The Morgan fingerprint density at radius 2 is 2.25 bits per heavy atom. The van der Waals surface area contributed by atoms with Gasteiger partial charge in [0, 0.05) is 6.20 Å². The molecule has 0 saturated heterocycles. The molecule has 39 valence electrons. The molecular formula is C5H4N3. The molecule has 0 amide bonds. The molecule has 0 atom stereocenters. The van der Waals surface area contributed by atoms with Gasteiger partial charge >= 0.3 is 0 Å². The fraction of sp³-hybridized carbons (Fsp3) is 0. The molecule has 1 radical (unpaired) electrons. The molecule has 0 spiro atoms. The minimum Gasteiger partial charge on any atom is -0.299 e. The zero-order valence-electron chi connectivity index (χ0n) is 4.10. The Balaban J connectivity index is 2.89. The minimum absolute atomic E-state index is 0.0486. The van der Waals surface area contributed by atoms with Crippen molar-refractivity contribution in [3.63, 3.8) is 0 Å². The highest BCUT2D eigenvalue weighted by Gasteiger charge is 1.99. The molecule has 0 aliphatic carbocycles. The van der Waals surface area contributed by atoms with Gasteiger partial charge in [-0.15, -0.1) is 0 Å². The minimum atomic E-state index is 0.0486. The van der Waals surface area contributed by atoms with Crippen molar-refractivity contribution < 1.29 is 0 Å². The van der Waals surface area contributed by atoms with Crippen molar-refractivity contribution in [1.29, 1.82) is 10.8 Å². The maximum Gasteiger partial charge on any atom is 0.118 e. The van der Waals surface area contributed by atoms with Crippen molar-refractivity contribution in [2.45, 2.75) is 0 Å². The summed E-state index contributed by atoms with van der Waals surface area (Å²) in [5, 5.41) is 13.9. The van der Waals surface area contributed by atoms with E-state index in [1.165, 1.54) is 12.3 Å². The Labute approximate surface area is 46.8 Å². The van der Waals surface area contributed by atoms with E-state index in [0.29, 0.717) is 0 Å². The summed E-state index contributed by atoms with van der Waals surface area (Å²) in [6.07, 6.45) is 5.23. The van der Waals surface area contributed by atoms with E-state index in [-0.39, 0.29) is 11.4 Å². The van der Waals surface area contributed by atoms with Crippen molar-refractivity contribution in [1.82, 2.24) is 0 Å². The van der Waals surface area contributed by atoms with Crippen LogP contribution < -0.4 is 0 Å². The van der Waals surface area contributed by atoms with Crippen molar-refractivity contribution in [2.75, 3.05) is 0 Å². The fourth-order valence-electron chi connectivity index (χ4n) is 0.357. The molecular weight excluding hydrogens is 102 g/mol. The van der Waals surface area contributed by atoms with E-state index in [2.05, 4.69) is 11.2 Å². The lowest BCUT2D eigenvalue weighted by atomic mass is 10.2. The monoisotopic (exact) mass is 106 g/mol. The lowest BCUT2D eigenvalue weighted by molar-refractivity contribution is 1.48. The van der Waals surface area contributed by atoms with Gasteiger partial charge in [-0.3, -0.25) is 15.8 Å². The summed E-state index contributed by atoms with van der Waals surface area (Å²) in [6.45, 7) is 0. The number of hydrogen-bond acceptors (Lipinski definition) is 3. The van der Waals surface area contributed by atoms with E-state index in [9.17, 15) is 0 Å². The second-order valence-corrected chi connectivity index (χ2v) is 1.35. The molecule has 1 heterocycles. The zero-order valence-corrected chi connectivity index (χ0v) is 4.10. The smallest absolute Gasteiger partial charge is 0.118 e. The molecule has 1 aliphatic rings. The van der Waals surface area contributed by atoms with E-state index in [1.807, 2.05) is 0 Å². The molecule has 1 rings (SSSR count). The van der Waals surface area contributed by atoms with Gasteiger partial charge in [0.25, 0.3) is 0 Å². The summed E-state index contributed by atoms with van der Waals surface area (Å²) in [5.74, 6) is 0. The number of nitrogens with one attached hydrogen (secondary N) is 2. The van der Waals surface area contributed by atoms with Crippen LogP contribution in [0.4, 0.5) is 0 Å². The Morgan fingerprint density at radius 1 is 1.50 bits per heavy atom. The van der Waals surface area contributed by atoms with E-state index in [1.54, 1.807) is 0 Å². The summed E-state index contributed by atoms with van der Waals surface area (Å²) in [7, 11) is 0. The third kappa shape index (κ3) is 0.703. The van der Waals surface area contributed by atoms with Crippen LogP contribution in [0.5, 0.6) is 0 Å². The van der Waals surface area contributed by atoms with E-state index in [4.69, 9.17) is 10.8 Å². The third-order valence-electron chi connectivity index (χ3n) is 0.761. The first-order chi connectivity index (χ1) is 3.80. The molecule has 0 aromatic carbocycles. The van der Waals surface area contributed by atoms with Gasteiger partial charge in [0.05, 0.1) is 5.71 Å². The van der Waals surface area contributed by atoms with Crippen molar-refractivity contribution in [3.8, 4) is 0 Å². The third-order valence-corrected chi connectivity index (χ3v) is 0.761. The Kier molecular flexibility index (Phi) is 1.04. The topological polar surface area (TPSA) is 60.1 Å². The highest BCUT2D eigenvalue weighted by molar-refractivity contribution is 6.64. The molecule has 0 aromatic rings. The zero-order chi connectivity index (χ0) is 5.98. The molecule has 0 aromatic heterocycles. The molecule has 0 saturated carbocycles. The first-order valence-corrected chi connectivity index (χ1v) is 2.10. The van der Waals surface area contributed by atoms with Gasteiger partial charge in [0.15, 0.2) is 0 Å². The number of hydrogen-bond donors (Lipinski definition) is 2. The molecule has 1 aliphatic heterocycles. The van der Waals surface area contributed by atoms with Gasteiger partial charge in [-0.1, -0.05) is 0 Å². The van der Waals surface area contributed by atoms with Crippen LogP contribution in [0.3, 0.4) is 0 Å². The van der Waals surface area contributed by atoms with Crippen molar-refractivity contribution >= 4 is 17.6 Å². The summed E-state index contributed by atoms with van der Waals surface area (Å²) in [6, 6.07) is 0. The summed E-state index contributed by atoms with van der Waals surface area (Å²) in [5.41, 5.74) is 0.215. The Morgan fingerprint density at radius 3 is 2.62 bits per heavy atom. The lowest BCUT2D eigenvalue weighted by Gasteiger charge is -1.94. The van der Waals surface area contributed by atoms with Crippen LogP contribution in [-0.4, -0.2) is 17.6 Å². The van der Waals surface area contributed by atoms with Crippen molar-refractivity contribution in [2.24, 2.45) is 4.99 Å². The van der Waals surface area contributed by atoms with Gasteiger partial charge in [-0.2, -0.15) is 0 Å². The lowest BCUT2D eigenvalue weighted by Crippen LogP contribution is -2.12. The van der Waals surface area contributed by atoms with E-state index >= 15 is 0 Å².